The van der Waals surface area contributed by atoms with Gasteiger partial charge in [0, 0.05) is 11.3 Å². The zero-order valence-corrected chi connectivity index (χ0v) is 16.3. The van der Waals surface area contributed by atoms with Crippen LogP contribution >= 0.6 is 0 Å². The van der Waals surface area contributed by atoms with Crippen molar-refractivity contribution in [3.05, 3.63) is 54.1 Å². The molecule has 8 nitrogen and oxygen atoms in total. The molecule has 9 heteroatoms. The summed E-state index contributed by atoms with van der Waals surface area (Å²) in [6, 6.07) is 12.1. The van der Waals surface area contributed by atoms with Crippen LogP contribution in [0.25, 0.3) is 0 Å². The summed E-state index contributed by atoms with van der Waals surface area (Å²) in [5, 5.41) is 10.1. The van der Waals surface area contributed by atoms with Crippen LogP contribution in [0.15, 0.2) is 53.4 Å². The number of amides is 2. The van der Waals surface area contributed by atoms with Crippen LogP contribution in [0, 0.1) is 0 Å². The lowest BCUT2D eigenvalue weighted by Crippen LogP contribution is -2.32. The third kappa shape index (κ3) is 6.67. The number of rotatable bonds is 9. The van der Waals surface area contributed by atoms with Crippen molar-refractivity contribution in [3.63, 3.8) is 0 Å². The highest BCUT2D eigenvalue weighted by molar-refractivity contribution is 7.89. The molecule has 150 valence electrons. The molecular weight excluding hydrogens is 382 g/mol. The molecule has 0 aliphatic carbocycles. The number of carbonyl (C=O) groups excluding carboxylic acids is 2. The molecule has 0 spiro atoms. The fourth-order valence-corrected chi connectivity index (χ4v) is 2.75. The maximum Gasteiger partial charge on any atom is 0.251 e. The summed E-state index contributed by atoms with van der Waals surface area (Å²) in [6.07, 6.45) is 2.00. The lowest BCUT2D eigenvalue weighted by Gasteiger charge is -2.09. The monoisotopic (exact) mass is 405 g/mol. The number of hydrogen-bond acceptors (Lipinski definition) is 5. The Morgan fingerprint density at radius 3 is 2.25 bits per heavy atom. The molecule has 0 heterocycles. The zero-order chi connectivity index (χ0) is 20.6. The molecule has 0 atom stereocenters. The topological polar surface area (TPSA) is 128 Å². The fraction of sp³-hybridized carbons (Fsp3) is 0.263. The van der Waals surface area contributed by atoms with Gasteiger partial charge in [-0.3, -0.25) is 9.59 Å². The first kappa shape index (κ1) is 21.4. The molecule has 0 aromatic heterocycles. The van der Waals surface area contributed by atoms with Crippen LogP contribution in [0.5, 0.6) is 5.75 Å². The van der Waals surface area contributed by atoms with E-state index >= 15 is 0 Å². The van der Waals surface area contributed by atoms with E-state index in [0.29, 0.717) is 23.6 Å². The largest absolute Gasteiger partial charge is 0.494 e. The molecular formula is C19H23N3O5S. The Balaban J connectivity index is 1.82. The third-order valence-corrected chi connectivity index (χ3v) is 4.69. The number of hydrogen-bond donors (Lipinski definition) is 3. The van der Waals surface area contributed by atoms with Crippen LogP contribution in [-0.2, 0) is 14.8 Å². The van der Waals surface area contributed by atoms with Gasteiger partial charge in [-0.25, -0.2) is 13.6 Å². The van der Waals surface area contributed by atoms with E-state index in [1.165, 1.54) is 24.3 Å². The van der Waals surface area contributed by atoms with Crippen molar-refractivity contribution >= 4 is 27.5 Å². The zero-order valence-electron chi connectivity index (χ0n) is 15.5. The number of nitrogens with one attached hydrogen (secondary N) is 2. The van der Waals surface area contributed by atoms with E-state index in [-0.39, 0.29) is 17.3 Å². The molecule has 28 heavy (non-hydrogen) atoms. The van der Waals surface area contributed by atoms with Gasteiger partial charge in [0.2, 0.25) is 15.9 Å². The van der Waals surface area contributed by atoms with Crippen LogP contribution in [0.3, 0.4) is 0 Å². The molecule has 2 aromatic carbocycles. The number of nitrogens with two attached hydrogens (primary N) is 1. The van der Waals surface area contributed by atoms with E-state index < -0.39 is 15.9 Å². The van der Waals surface area contributed by atoms with Gasteiger partial charge in [0.25, 0.3) is 5.91 Å². The molecule has 0 saturated heterocycles. The van der Waals surface area contributed by atoms with Crippen LogP contribution in [0.1, 0.15) is 30.1 Å². The first-order valence-electron chi connectivity index (χ1n) is 8.73. The van der Waals surface area contributed by atoms with Gasteiger partial charge in [-0.05, 0) is 55.0 Å². The van der Waals surface area contributed by atoms with Crippen molar-refractivity contribution in [1.29, 1.82) is 0 Å². The Hall–Kier alpha value is -2.91. The lowest BCUT2D eigenvalue weighted by atomic mass is 10.2. The van der Waals surface area contributed by atoms with Gasteiger partial charge in [0.05, 0.1) is 18.0 Å². The van der Waals surface area contributed by atoms with E-state index in [1.54, 1.807) is 24.3 Å². The first-order chi connectivity index (χ1) is 13.3. The molecule has 0 saturated carbocycles. The standard InChI is InChI=1S/C19H23N3O5S/c1-2-3-12-27-16-8-4-14(5-9-16)19(24)21-13-18(23)22-15-6-10-17(11-7-15)28(20,25)26/h4-11H,2-3,12-13H2,1H3,(H,21,24)(H,22,23)(H2,20,25,26). The molecule has 0 fully saturated rings. The highest BCUT2D eigenvalue weighted by Crippen LogP contribution is 2.13. The van der Waals surface area contributed by atoms with E-state index in [1.807, 2.05) is 0 Å². The minimum atomic E-state index is -3.79. The van der Waals surface area contributed by atoms with Gasteiger partial charge in [0.1, 0.15) is 5.75 Å². The van der Waals surface area contributed by atoms with Gasteiger partial charge in [0.15, 0.2) is 0 Å². The average Bonchev–Trinajstić information content (AvgIpc) is 2.66. The minimum Gasteiger partial charge on any atom is -0.494 e. The third-order valence-electron chi connectivity index (χ3n) is 3.76. The van der Waals surface area contributed by atoms with Crippen molar-refractivity contribution in [1.82, 2.24) is 5.32 Å². The SMILES string of the molecule is CCCCOc1ccc(C(=O)NCC(=O)Nc2ccc(S(N)(=O)=O)cc2)cc1. The second-order valence-corrected chi connectivity index (χ2v) is 7.59. The predicted octanol–water partition coefficient (Wildman–Crippen LogP) is 1.88. The molecule has 0 radical (unpaired) electrons. The summed E-state index contributed by atoms with van der Waals surface area (Å²) >= 11 is 0. The molecule has 0 aliphatic rings. The number of carbonyl (C=O) groups is 2. The van der Waals surface area contributed by atoms with Crippen molar-refractivity contribution in [2.75, 3.05) is 18.5 Å². The minimum absolute atomic E-state index is 0.0547. The second kappa shape index (κ2) is 9.86. The Labute approximate surface area is 164 Å². The summed E-state index contributed by atoms with van der Waals surface area (Å²) in [6.45, 7) is 2.47. The second-order valence-electron chi connectivity index (χ2n) is 6.03. The lowest BCUT2D eigenvalue weighted by molar-refractivity contribution is -0.115. The van der Waals surface area contributed by atoms with E-state index in [0.717, 1.165) is 12.8 Å². The Kier molecular flexibility index (Phi) is 7.53. The quantitative estimate of drug-likeness (QED) is 0.549. The number of benzene rings is 2. The van der Waals surface area contributed by atoms with Crippen molar-refractivity contribution in [2.45, 2.75) is 24.7 Å². The van der Waals surface area contributed by atoms with Crippen LogP contribution in [0.2, 0.25) is 0 Å². The van der Waals surface area contributed by atoms with Crippen LogP contribution in [-0.4, -0.2) is 33.4 Å². The summed E-state index contributed by atoms with van der Waals surface area (Å²) in [4.78, 5) is 24.0. The molecule has 4 N–H and O–H groups in total. The van der Waals surface area contributed by atoms with Gasteiger partial charge >= 0.3 is 0 Å². The first-order valence-corrected chi connectivity index (χ1v) is 10.3. The molecule has 2 rings (SSSR count). The van der Waals surface area contributed by atoms with Crippen molar-refractivity contribution in [2.24, 2.45) is 5.14 Å². The average molecular weight is 405 g/mol. The number of primary sulfonamides is 1. The van der Waals surface area contributed by atoms with E-state index in [2.05, 4.69) is 17.6 Å². The summed E-state index contributed by atoms with van der Waals surface area (Å²) in [5.41, 5.74) is 0.799. The Morgan fingerprint density at radius 1 is 1.04 bits per heavy atom. The smallest absolute Gasteiger partial charge is 0.251 e. The van der Waals surface area contributed by atoms with Crippen LogP contribution in [0.4, 0.5) is 5.69 Å². The fourth-order valence-electron chi connectivity index (χ4n) is 2.23. The maximum atomic E-state index is 12.1. The molecule has 0 bridgehead atoms. The summed E-state index contributed by atoms with van der Waals surface area (Å²) < 4.78 is 27.9. The molecule has 0 unspecified atom stereocenters. The molecule has 0 aliphatic heterocycles. The van der Waals surface area contributed by atoms with Crippen molar-refractivity contribution < 1.29 is 22.7 Å². The highest BCUT2D eigenvalue weighted by Gasteiger charge is 2.10. The van der Waals surface area contributed by atoms with Crippen LogP contribution < -0.4 is 20.5 Å². The van der Waals surface area contributed by atoms with E-state index in [9.17, 15) is 18.0 Å². The Bertz CT molecular complexity index is 910. The number of unbranched alkanes of at least 4 members (excludes halogenated alkanes) is 1. The number of anilines is 1. The maximum absolute atomic E-state index is 12.1. The van der Waals surface area contributed by atoms with Gasteiger partial charge in [-0.15, -0.1) is 0 Å². The molecule has 2 aromatic rings. The normalized spacial score (nSPS) is 10.9. The summed E-state index contributed by atoms with van der Waals surface area (Å²) in [5.74, 6) is -0.151. The van der Waals surface area contributed by atoms with Gasteiger partial charge in [-0.1, -0.05) is 13.3 Å². The molecule has 2 amide bonds. The van der Waals surface area contributed by atoms with Gasteiger partial charge < -0.3 is 15.4 Å². The Morgan fingerprint density at radius 2 is 1.68 bits per heavy atom. The van der Waals surface area contributed by atoms with Gasteiger partial charge in [-0.2, -0.15) is 0 Å². The highest BCUT2D eigenvalue weighted by atomic mass is 32.2. The summed E-state index contributed by atoms with van der Waals surface area (Å²) in [7, 11) is -3.79. The number of sulfonamides is 1. The number of ether oxygens (including phenoxy) is 1. The predicted molar refractivity (Wildman–Crippen MR) is 106 cm³/mol. The van der Waals surface area contributed by atoms with Crippen molar-refractivity contribution in [3.8, 4) is 5.75 Å². The van der Waals surface area contributed by atoms with E-state index in [4.69, 9.17) is 9.88 Å².